The van der Waals surface area contributed by atoms with Crippen LogP contribution in [0.5, 0.6) is 5.75 Å². The van der Waals surface area contributed by atoms with Crippen molar-refractivity contribution in [1.82, 2.24) is 5.32 Å². The lowest BCUT2D eigenvalue weighted by Gasteiger charge is -2.13. The molecule has 0 spiro atoms. The van der Waals surface area contributed by atoms with E-state index in [-0.39, 0.29) is 16.6 Å². The molecule has 1 amide bonds. The molecular formula is C20H22N2O4S. The normalized spacial score (nSPS) is 10.4. The molecule has 0 unspecified atom stereocenters. The average molecular weight is 386 g/mol. The van der Waals surface area contributed by atoms with Crippen molar-refractivity contribution in [3.8, 4) is 5.75 Å². The number of rotatable bonds is 6. The number of aromatic carboxylic acids is 1. The van der Waals surface area contributed by atoms with Crippen molar-refractivity contribution in [2.75, 3.05) is 11.9 Å². The minimum atomic E-state index is -1.02. The number of carbonyl (C=O) groups excluding carboxylic acids is 1. The highest BCUT2D eigenvalue weighted by atomic mass is 32.1. The second kappa shape index (κ2) is 9.14. The summed E-state index contributed by atoms with van der Waals surface area (Å²) in [6.07, 6.45) is 0. The zero-order valence-electron chi connectivity index (χ0n) is 15.4. The average Bonchev–Trinajstić information content (AvgIpc) is 2.61. The van der Waals surface area contributed by atoms with Crippen LogP contribution in [0.4, 0.5) is 5.69 Å². The van der Waals surface area contributed by atoms with Crippen molar-refractivity contribution in [2.45, 2.75) is 20.8 Å². The van der Waals surface area contributed by atoms with Crippen LogP contribution in [0.1, 0.15) is 40.1 Å². The van der Waals surface area contributed by atoms with E-state index in [0.29, 0.717) is 35.1 Å². The number of hydrogen-bond donors (Lipinski definition) is 3. The van der Waals surface area contributed by atoms with E-state index in [1.807, 2.05) is 0 Å². The van der Waals surface area contributed by atoms with Crippen molar-refractivity contribution in [3.63, 3.8) is 0 Å². The Morgan fingerprint density at radius 3 is 2.41 bits per heavy atom. The van der Waals surface area contributed by atoms with Gasteiger partial charge in [0.1, 0.15) is 5.75 Å². The third kappa shape index (κ3) is 5.79. The molecule has 0 saturated heterocycles. The van der Waals surface area contributed by atoms with Gasteiger partial charge >= 0.3 is 5.97 Å². The van der Waals surface area contributed by atoms with E-state index in [4.69, 9.17) is 22.1 Å². The van der Waals surface area contributed by atoms with E-state index in [1.54, 1.807) is 43.3 Å². The van der Waals surface area contributed by atoms with Crippen molar-refractivity contribution < 1.29 is 19.4 Å². The molecule has 0 aliphatic heterocycles. The smallest absolute Gasteiger partial charge is 0.336 e. The molecule has 0 aliphatic carbocycles. The Balaban J connectivity index is 1.99. The third-order valence-corrected chi connectivity index (χ3v) is 3.94. The van der Waals surface area contributed by atoms with E-state index in [9.17, 15) is 9.59 Å². The maximum absolute atomic E-state index is 12.3. The SMILES string of the molecule is Cc1c(NC(=S)NC(=O)c2ccc(OCC(C)C)cc2)cccc1C(=O)O. The summed E-state index contributed by atoms with van der Waals surface area (Å²) in [6, 6.07) is 11.6. The van der Waals surface area contributed by atoms with Crippen LogP contribution < -0.4 is 15.4 Å². The number of hydrogen-bond acceptors (Lipinski definition) is 4. The fourth-order valence-corrected chi connectivity index (χ4v) is 2.50. The molecular weight excluding hydrogens is 364 g/mol. The Kier molecular flexibility index (Phi) is 6.90. The number of carbonyl (C=O) groups is 2. The molecule has 0 bridgehead atoms. The summed E-state index contributed by atoms with van der Waals surface area (Å²) in [7, 11) is 0. The third-order valence-electron chi connectivity index (χ3n) is 3.74. The number of nitrogens with one attached hydrogen (secondary N) is 2. The number of amides is 1. The van der Waals surface area contributed by atoms with Gasteiger partial charge in [-0.05, 0) is 67.0 Å². The summed E-state index contributed by atoms with van der Waals surface area (Å²) < 4.78 is 5.59. The first-order valence-electron chi connectivity index (χ1n) is 8.46. The summed E-state index contributed by atoms with van der Waals surface area (Å²) in [4.78, 5) is 23.5. The van der Waals surface area contributed by atoms with E-state index < -0.39 is 5.97 Å². The van der Waals surface area contributed by atoms with Gasteiger partial charge < -0.3 is 15.2 Å². The van der Waals surface area contributed by atoms with Crippen molar-refractivity contribution in [2.24, 2.45) is 5.92 Å². The van der Waals surface area contributed by atoms with Gasteiger partial charge in [-0.2, -0.15) is 0 Å². The van der Waals surface area contributed by atoms with Gasteiger partial charge in [0.15, 0.2) is 5.11 Å². The molecule has 142 valence electrons. The van der Waals surface area contributed by atoms with E-state index in [0.717, 1.165) is 0 Å². The van der Waals surface area contributed by atoms with Crippen molar-refractivity contribution >= 4 is 34.9 Å². The molecule has 0 radical (unpaired) electrons. The Hall–Kier alpha value is -2.93. The number of ether oxygens (including phenoxy) is 1. The number of thiocarbonyl (C=S) groups is 1. The predicted octanol–water partition coefficient (Wildman–Crippen LogP) is 3.85. The molecule has 3 N–H and O–H groups in total. The maximum Gasteiger partial charge on any atom is 0.336 e. The molecule has 0 fully saturated rings. The van der Waals surface area contributed by atoms with Crippen molar-refractivity contribution in [3.05, 3.63) is 59.2 Å². The lowest BCUT2D eigenvalue weighted by Crippen LogP contribution is -2.34. The summed E-state index contributed by atoms with van der Waals surface area (Å²) in [5.41, 5.74) is 1.67. The second-order valence-corrected chi connectivity index (χ2v) is 6.83. The van der Waals surface area contributed by atoms with Crippen LogP contribution in [-0.4, -0.2) is 28.7 Å². The zero-order chi connectivity index (χ0) is 20.0. The van der Waals surface area contributed by atoms with Crippen LogP contribution in [0.2, 0.25) is 0 Å². The van der Waals surface area contributed by atoms with Gasteiger partial charge in [0.2, 0.25) is 0 Å². The summed E-state index contributed by atoms with van der Waals surface area (Å²) >= 11 is 5.16. The highest BCUT2D eigenvalue weighted by Crippen LogP contribution is 2.19. The zero-order valence-corrected chi connectivity index (χ0v) is 16.2. The lowest BCUT2D eigenvalue weighted by atomic mass is 10.1. The van der Waals surface area contributed by atoms with Crippen LogP contribution in [0.15, 0.2) is 42.5 Å². The van der Waals surface area contributed by atoms with Gasteiger partial charge in [0.05, 0.1) is 12.2 Å². The van der Waals surface area contributed by atoms with Gasteiger partial charge in [-0.25, -0.2) is 4.79 Å². The maximum atomic E-state index is 12.3. The van der Waals surface area contributed by atoms with Gasteiger partial charge in [-0.1, -0.05) is 19.9 Å². The lowest BCUT2D eigenvalue weighted by molar-refractivity contribution is 0.0696. The molecule has 2 aromatic rings. The molecule has 0 saturated carbocycles. The van der Waals surface area contributed by atoms with Gasteiger partial charge in [0, 0.05) is 11.3 Å². The number of benzene rings is 2. The molecule has 6 nitrogen and oxygen atoms in total. The van der Waals surface area contributed by atoms with Gasteiger partial charge in [-0.3, -0.25) is 10.1 Å². The summed E-state index contributed by atoms with van der Waals surface area (Å²) in [5, 5.41) is 14.7. The Bertz CT molecular complexity index is 848. The fourth-order valence-electron chi connectivity index (χ4n) is 2.30. The minimum Gasteiger partial charge on any atom is -0.493 e. The molecule has 2 aromatic carbocycles. The number of carboxylic acid groups (broad SMARTS) is 1. The molecule has 0 heterocycles. The number of anilines is 1. The fraction of sp³-hybridized carbons (Fsp3) is 0.250. The van der Waals surface area contributed by atoms with Crippen LogP contribution in [0.25, 0.3) is 0 Å². The molecule has 2 rings (SSSR count). The van der Waals surface area contributed by atoms with Crippen LogP contribution in [-0.2, 0) is 0 Å². The highest BCUT2D eigenvalue weighted by Gasteiger charge is 2.13. The largest absolute Gasteiger partial charge is 0.493 e. The first-order chi connectivity index (χ1) is 12.8. The van der Waals surface area contributed by atoms with Crippen LogP contribution in [0, 0.1) is 12.8 Å². The quantitative estimate of drug-likeness (QED) is 0.654. The molecule has 27 heavy (non-hydrogen) atoms. The van der Waals surface area contributed by atoms with E-state index >= 15 is 0 Å². The predicted molar refractivity (Wildman–Crippen MR) is 109 cm³/mol. The summed E-state index contributed by atoms with van der Waals surface area (Å²) in [5.74, 6) is -0.276. The first-order valence-corrected chi connectivity index (χ1v) is 8.87. The molecule has 7 heteroatoms. The molecule has 0 aromatic heterocycles. The monoisotopic (exact) mass is 386 g/mol. The Morgan fingerprint density at radius 2 is 1.81 bits per heavy atom. The van der Waals surface area contributed by atoms with Crippen molar-refractivity contribution in [1.29, 1.82) is 0 Å². The molecule has 0 atom stereocenters. The van der Waals surface area contributed by atoms with E-state index in [1.165, 1.54) is 6.07 Å². The molecule has 0 aliphatic rings. The van der Waals surface area contributed by atoms with E-state index in [2.05, 4.69) is 24.5 Å². The Morgan fingerprint density at radius 1 is 1.15 bits per heavy atom. The topological polar surface area (TPSA) is 87.7 Å². The number of carboxylic acids is 1. The second-order valence-electron chi connectivity index (χ2n) is 6.42. The highest BCUT2D eigenvalue weighted by molar-refractivity contribution is 7.80. The minimum absolute atomic E-state index is 0.0887. The Labute approximate surface area is 163 Å². The van der Waals surface area contributed by atoms with Crippen LogP contribution in [0.3, 0.4) is 0 Å². The van der Waals surface area contributed by atoms with Gasteiger partial charge in [-0.15, -0.1) is 0 Å². The summed E-state index contributed by atoms with van der Waals surface area (Å²) in [6.45, 7) is 6.40. The van der Waals surface area contributed by atoms with Gasteiger partial charge in [0.25, 0.3) is 5.91 Å². The van der Waals surface area contributed by atoms with Crippen LogP contribution >= 0.6 is 12.2 Å². The first kappa shape index (κ1) is 20.4. The standard InChI is InChI=1S/C20H22N2O4S/c1-12(2)11-26-15-9-7-14(8-10-15)18(23)22-20(27)21-17-6-4-5-16(13(17)3)19(24)25/h4-10,12H,11H2,1-3H3,(H,24,25)(H2,21,22,23,27).